The first-order valence-electron chi connectivity index (χ1n) is 7.03. The summed E-state index contributed by atoms with van der Waals surface area (Å²) in [4.78, 5) is 59.1. The lowest BCUT2D eigenvalue weighted by atomic mass is 10.1. The Morgan fingerprint density at radius 2 is 1.18 bits per heavy atom. The van der Waals surface area contributed by atoms with Gasteiger partial charge in [0.1, 0.15) is 0 Å². The van der Waals surface area contributed by atoms with E-state index in [1.165, 1.54) is 0 Å². The number of rotatable bonds is 6. The Hall–Kier alpha value is -0.260. The molecule has 0 aliphatic heterocycles. The first-order chi connectivity index (χ1) is 12.7. The number of esters is 2. The fourth-order valence-electron chi connectivity index (χ4n) is 2.01. The van der Waals surface area contributed by atoms with E-state index in [0.717, 1.165) is 20.8 Å². The van der Waals surface area contributed by atoms with E-state index in [4.69, 9.17) is 32.7 Å². The lowest BCUT2D eigenvalue weighted by Crippen LogP contribution is -2.47. The van der Waals surface area contributed by atoms with E-state index in [2.05, 4.69) is 5.32 Å². The molecule has 28 heavy (non-hydrogen) atoms. The van der Waals surface area contributed by atoms with Crippen LogP contribution < -0.4 is 5.32 Å². The molecule has 1 aromatic carbocycles. The van der Waals surface area contributed by atoms with Gasteiger partial charge in [-0.3, -0.25) is 24.0 Å². The predicted octanol–water partition coefficient (Wildman–Crippen LogP) is 4.04. The minimum Gasteiger partial charge on any atom is -0.414 e. The van der Waals surface area contributed by atoms with Crippen molar-refractivity contribution in [2.75, 3.05) is 5.32 Å². The molecule has 0 atom stereocenters. The summed E-state index contributed by atoms with van der Waals surface area (Å²) in [5.74, 6) is -5.07. The van der Waals surface area contributed by atoms with Gasteiger partial charge in [-0.05, 0) is 91.0 Å². The van der Waals surface area contributed by atoms with Gasteiger partial charge in [-0.2, -0.15) is 0 Å². The maximum Gasteiger partial charge on any atom is 0.333 e. The number of ether oxygens (including phenoxy) is 2. The number of carbonyl (C=O) groups excluding carboxylic acids is 5. The average Bonchev–Trinajstić information content (AvgIpc) is 2.48. The second-order valence-electron chi connectivity index (χ2n) is 5.20. The first-order valence-corrected chi connectivity index (χ1v) is 11.0. The number of amides is 1. The molecule has 0 saturated carbocycles. The monoisotopic (exact) mass is 767 g/mol. The van der Waals surface area contributed by atoms with Gasteiger partial charge in [0.25, 0.3) is 10.5 Å². The van der Waals surface area contributed by atoms with Crippen molar-refractivity contribution < 1.29 is 33.4 Å². The standard InChI is InChI=1S/C15H10Cl2I3NO7/c1-4(22)27-15(3,28-5(2)23)14(26)21-11-9(19)6(12(16)24)8(18)7(10(11)20)13(17)25/h1-3H3,(H,21,26). The summed E-state index contributed by atoms with van der Waals surface area (Å²) < 4.78 is 10.4. The molecule has 0 fully saturated rings. The number of halogens is 5. The summed E-state index contributed by atoms with van der Waals surface area (Å²) in [6.07, 6.45) is 0. The van der Waals surface area contributed by atoms with Gasteiger partial charge in [-0.15, -0.1) is 0 Å². The molecule has 0 aliphatic carbocycles. The predicted molar refractivity (Wildman–Crippen MR) is 126 cm³/mol. The molecule has 0 aliphatic rings. The summed E-state index contributed by atoms with van der Waals surface area (Å²) in [6, 6.07) is 0. The van der Waals surface area contributed by atoms with Crippen LogP contribution in [0.5, 0.6) is 0 Å². The van der Waals surface area contributed by atoms with E-state index >= 15 is 0 Å². The molecule has 0 bridgehead atoms. The zero-order valence-electron chi connectivity index (χ0n) is 14.2. The third kappa shape index (κ3) is 5.89. The summed E-state index contributed by atoms with van der Waals surface area (Å²) in [5, 5.41) is 0.669. The molecule has 0 heterocycles. The minimum atomic E-state index is -2.29. The third-order valence-corrected chi connectivity index (χ3v) is 6.65. The topological polar surface area (TPSA) is 116 Å². The molecule has 13 heteroatoms. The lowest BCUT2D eigenvalue weighted by molar-refractivity contribution is -0.216. The van der Waals surface area contributed by atoms with Crippen LogP contribution >= 0.6 is 91.0 Å². The largest absolute Gasteiger partial charge is 0.414 e. The summed E-state index contributed by atoms with van der Waals surface area (Å²) in [7, 11) is 0. The lowest BCUT2D eigenvalue weighted by Gasteiger charge is -2.27. The van der Waals surface area contributed by atoms with E-state index in [0.29, 0.717) is 0 Å². The summed E-state index contributed by atoms with van der Waals surface area (Å²) >= 11 is 16.5. The van der Waals surface area contributed by atoms with Gasteiger partial charge in [0.15, 0.2) is 0 Å². The SMILES string of the molecule is CC(=O)OC(C)(OC(C)=O)C(=O)Nc1c(I)c(C(=O)Cl)c(I)c(C(=O)Cl)c1I. The van der Waals surface area contributed by atoms with Crippen LogP contribution in [-0.4, -0.2) is 34.1 Å². The van der Waals surface area contributed by atoms with Crippen molar-refractivity contribution in [2.24, 2.45) is 0 Å². The van der Waals surface area contributed by atoms with Crippen molar-refractivity contribution in [2.45, 2.75) is 26.6 Å². The first kappa shape index (κ1) is 25.8. The Bertz CT molecular complexity index is 847. The third-order valence-electron chi connectivity index (χ3n) is 3.04. The van der Waals surface area contributed by atoms with Gasteiger partial charge >= 0.3 is 23.6 Å². The van der Waals surface area contributed by atoms with Gasteiger partial charge in [0, 0.05) is 24.3 Å². The molecule has 0 radical (unpaired) electrons. The molecule has 0 saturated heterocycles. The van der Waals surface area contributed by atoms with E-state index < -0.39 is 34.1 Å². The van der Waals surface area contributed by atoms with Crippen LogP contribution in [-0.2, 0) is 23.9 Å². The summed E-state index contributed by atoms with van der Waals surface area (Å²) in [6.45, 7) is 3.13. The molecule has 0 aromatic heterocycles. The minimum absolute atomic E-state index is 0.0187. The quantitative estimate of drug-likeness (QED) is 0.201. The van der Waals surface area contributed by atoms with Crippen molar-refractivity contribution in [1.29, 1.82) is 0 Å². The molecule has 1 aromatic rings. The molecule has 152 valence electrons. The van der Waals surface area contributed by atoms with Crippen LogP contribution in [0.25, 0.3) is 0 Å². The fourth-order valence-corrected chi connectivity index (χ4v) is 7.44. The highest BCUT2D eigenvalue weighted by molar-refractivity contribution is 14.1. The molecular weight excluding hydrogens is 758 g/mol. The molecule has 1 N–H and O–H groups in total. The van der Waals surface area contributed by atoms with Crippen molar-refractivity contribution in [3.8, 4) is 0 Å². The fraction of sp³-hybridized carbons (Fsp3) is 0.267. The number of carbonyl (C=O) groups is 5. The molecule has 0 unspecified atom stereocenters. The van der Waals surface area contributed by atoms with Crippen LogP contribution in [0.1, 0.15) is 41.5 Å². The number of hydrogen-bond donors (Lipinski definition) is 1. The Morgan fingerprint density at radius 1 is 0.821 bits per heavy atom. The Morgan fingerprint density at radius 3 is 1.46 bits per heavy atom. The Balaban J connectivity index is 3.61. The van der Waals surface area contributed by atoms with E-state index in [-0.39, 0.29) is 27.5 Å². The van der Waals surface area contributed by atoms with Crippen LogP contribution in [0.3, 0.4) is 0 Å². The normalized spacial score (nSPS) is 10.9. The Labute approximate surface area is 210 Å². The van der Waals surface area contributed by atoms with Crippen molar-refractivity contribution in [3.05, 3.63) is 21.8 Å². The van der Waals surface area contributed by atoms with Crippen LogP contribution in [0, 0.1) is 10.7 Å². The van der Waals surface area contributed by atoms with Gasteiger partial charge in [0.2, 0.25) is 0 Å². The highest BCUT2D eigenvalue weighted by Gasteiger charge is 2.41. The molecule has 8 nitrogen and oxygen atoms in total. The molecule has 0 spiro atoms. The zero-order chi connectivity index (χ0) is 22.0. The zero-order valence-corrected chi connectivity index (χ0v) is 22.2. The number of anilines is 1. The van der Waals surface area contributed by atoms with Gasteiger partial charge in [-0.1, -0.05) is 0 Å². The van der Waals surface area contributed by atoms with Crippen LogP contribution in [0.15, 0.2) is 0 Å². The van der Waals surface area contributed by atoms with Crippen molar-refractivity contribution >= 4 is 125 Å². The highest BCUT2D eigenvalue weighted by Crippen LogP contribution is 2.37. The highest BCUT2D eigenvalue weighted by atomic mass is 127. The average molecular weight is 768 g/mol. The Kier molecular flexibility index (Phi) is 9.36. The van der Waals surface area contributed by atoms with Gasteiger partial charge in [0.05, 0.1) is 24.0 Å². The van der Waals surface area contributed by atoms with Gasteiger partial charge in [-0.25, -0.2) is 0 Å². The number of hydrogen-bond acceptors (Lipinski definition) is 7. The van der Waals surface area contributed by atoms with Crippen LogP contribution in [0.2, 0.25) is 0 Å². The van der Waals surface area contributed by atoms with Crippen molar-refractivity contribution in [3.63, 3.8) is 0 Å². The van der Waals surface area contributed by atoms with Gasteiger partial charge < -0.3 is 14.8 Å². The van der Waals surface area contributed by atoms with E-state index in [9.17, 15) is 24.0 Å². The maximum atomic E-state index is 12.7. The second-order valence-corrected chi connectivity index (χ2v) is 9.12. The molecular formula is C15H10Cl2I3NO7. The van der Waals surface area contributed by atoms with E-state index in [1.807, 2.05) is 0 Å². The smallest absolute Gasteiger partial charge is 0.333 e. The number of nitrogens with one attached hydrogen (secondary N) is 1. The molecule has 1 amide bonds. The second kappa shape index (κ2) is 10.2. The van der Waals surface area contributed by atoms with E-state index in [1.54, 1.807) is 67.8 Å². The number of benzene rings is 1. The summed E-state index contributed by atoms with van der Waals surface area (Å²) in [5.41, 5.74) is -0.0568. The molecule has 1 rings (SSSR count). The van der Waals surface area contributed by atoms with Crippen LogP contribution in [0.4, 0.5) is 5.69 Å². The maximum absolute atomic E-state index is 12.7. The van der Waals surface area contributed by atoms with Crippen molar-refractivity contribution in [1.82, 2.24) is 0 Å².